The van der Waals surface area contributed by atoms with Gasteiger partial charge in [0.25, 0.3) is 0 Å². The van der Waals surface area contributed by atoms with Crippen molar-refractivity contribution in [3.05, 3.63) is 29.3 Å². The lowest BCUT2D eigenvalue weighted by Gasteiger charge is -2.15. The zero-order valence-electron chi connectivity index (χ0n) is 8.37. The fraction of sp³-hybridized carbons (Fsp3) is 0.400. The van der Waals surface area contributed by atoms with Crippen LogP contribution in [0.25, 0.3) is 0 Å². The van der Waals surface area contributed by atoms with Gasteiger partial charge in [0.2, 0.25) is 0 Å². The molecule has 0 bridgehead atoms. The molecule has 0 saturated heterocycles. The Morgan fingerprint density at radius 3 is 2.54 bits per heavy atom. The van der Waals surface area contributed by atoms with E-state index in [1.165, 1.54) is 16.3 Å². The SMILES string of the molecule is CCN(N)Oc1ccc(C)c(C)c1. The Hall–Kier alpha value is -1.06. The molecule has 3 nitrogen and oxygen atoms in total. The number of aryl methyl sites for hydroxylation is 2. The zero-order valence-corrected chi connectivity index (χ0v) is 8.37. The lowest BCUT2D eigenvalue weighted by Crippen LogP contribution is -2.34. The van der Waals surface area contributed by atoms with Gasteiger partial charge in [-0.3, -0.25) is 0 Å². The van der Waals surface area contributed by atoms with Gasteiger partial charge >= 0.3 is 0 Å². The Morgan fingerprint density at radius 1 is 1.31 bits per heavy atom. The van der Waals surface area contributed by atoms with Gasteiger partial charge in [-0.2, -0.15) is 0 Å². The molecule has 0 spiro atoms. The minimum absolute atomic E-state index is 0.660. The number of nitrogens with zero attached hydrogens (tertiary/aromatic N) is 1. The van der Waals surface area contributed by atoms with Gasteiger partial charge in [0.1, 0.15) is 5.75 Å². The molecular weight excluding hydrogens is 164 g/mol. The van der Waals surface area contributed by atoms with Gasteiger partial charge in [0.05, 0.1) is 0 Å². The highest BCUT2D eigenvalue weighted by atomic mass is 16.7. The Kier molecular flexibility index (Phi) is 3.28. The Labute approximate surface area is 79.0 Å². The average molecular weight is 180 g/mol. The molecule has 0 atom stereocenters. The van der Waals surface area contributed by atoms with E-state index in [0.717, 1.165) is 5.75 Å². The summed E-state index contributed by atoms with van der Waals surface area (Å²) in [5.74, 6) is 6.29. The van der Waals surface area contributed by atoms with Gasteiger partial charge < -0.3 is 4.84 Å². The summed E-state index contributed by atoms with van der Waals surface area (Å²) in [7, 11) is 0. The molecule has 72 valence electrons. The molecule has 2 N–H and O–H groups in total. The number of hydrogen-bond donors (Lipinski definition) is 1. The molecule has 0 radical (unpaired) electrons. The normalized spacial score (nSPS) is 10.5. The van der Waals surface area contributed by atoms with Crippen molar-refractivity contribution < 1.29 is 4.84 Å². The first-order valence-corrected chi connectivity index (χ1v) is 4.41. The predicted octanol–water partition coefficient (Wildman–Crippen LogP) is 1.79. The molecular formula is C10H16N2O. The zero-order chi connectivity index (χ0) is 9.84. The van der Waals surface area contributed by atoms with Crippen molar-refractivity contribution in [3.8, 4) is 5.75 Å². The van der Waals surface area contributed by atoms with Gasteiger partial charge in [0, 0.05) is 6.54 Å². The monoisotopic (exact) mass is 180 g/mol. The molecule has 0 fully saturated rings. The van der Waals surface area contributed by atoms with Crippen LogP contribution >= 0.6 is 0 Å². The molecule has 0 saturated carbocycles. The van der Waals surface area contributed by atoms with Crippen molar-refractivity contribution in [2.45, 2.75) is 20.8 Å². The van der Waals surface area contributed by atoms with Crippen molar-refractivity contribution in [3.63, 3.8) is 0 Å². The topological polar surface area (TPSA) is 38.5 Å². The summed E-state index contributed by atoms with van der Waals surface area (Å²) in [6, 6.07) is 5.91. The number of hydroxylamine groups is 1. The van der Waals surface area contributed by atoms with Crippen molar-refractivity contribution in [1.29, 1.82) is 0 Å². The van der Waals surface area contributed by atoms with Crippen LogP contribution in [0.5, 0.6) is 5.75 Å². The molecule has 0 heterocycles. The van der Waals surface area contributed by atoms with Crippen LogP contribution in [0.4, 0.5) is 0 Å². The lowest BCUT2D eigenvalue weighted by molar-refractivity contribution is -0.0555. The molecule has 0 unspecified atom stereocenters. The first-order valence-electron chi connectivity index (χ1n) is 4.41. The quantitative estimate of drug-likeness (QED) is 0.569. The highest BCUT2D eigenvalue weighted by Crippen LogP contribution is 2.16. The van der Waals surface area contributed by atoms with Crippen molar-refractivity contribution >= 4 is 0 Å². The van der Waals surface area contributed by atoms with Crippen molar-refractivity contribution in [2.24, 2.45) is 5.84 Å². The van der Waals surface area contributed by atoms with E-state index < -0.39 is 0 Å². The number of hydrogen-bond acceptors (Lipinski definition) is 3. The molecule has 0 aliphatic heterocycles. The van der Waals surface area contributed by atoms with Crippen molar-refractivity contribution in [1.82, 2.24) is 5.17 Å². The number of hydrazine groups is 1. The van der Waals surface area contributed by atoms with E-state index in [9.17, 15) is 0 Å². The van der Waals surface area contributed by atoms with E-state index in [1.54, 1.807) is 0 Å². The average Bonchev–Trinajstić information content (AvgIpc) is 2.11. The Morgan fingerprint density at radius 2 is 2.00 bits per heavy atom. The first-order chi connectivity index (χ1) is 6.13. The van der Waals surface area contributed by atoms with Crippen LogP contribution in [0.15, 0.2) is 18.2 Å². The first kappa shape index (κ1) is 10.0. The van der Waals surface area contributed by atoms with Crippen LogP contribution in [0.1, 0.15) is 18.1 Å². The molecule has 1 aromatic rings. The van der Waals surface area contributed by atoms with Crippen LogP contribution < -0.4 is 10.7 Å². The largest absolute Gasteiger partial charge is 0.391 e. The molecule has 0 amide bonds. The maximum atomic E-state index is 5.50. The lowest BCUT2D eigenvalue weighted by atomic mass is 10.1. The fourth-order valence-electron chi connectivity index (χ4n) is 0.971. The van der Waals surface area contributed by atoms with Gasteiger partial charge in [-0.1, -0.05) is 11.2 Å². The summed E-state index contributed by atoms with van der Waals surface area (Å²) in [6.07, 6.45) is 0. The van der Waals surface area contributed by atoms with E-state index >= 15 is 0 Å². The van der Waals surface area contributed by atoms with Crippen LogP contribution in [-0.2, 0) is 0 Å². The standard InChI is InChI=1S/C10H16N2O/c1-4-12(11)13-10-6-5-8(2)9(3)7-10/h5-7H,4,11H2,1-3H3. The number of benzene rings is 1. The molecule has 1 aromatic carbocycles. The summed E-state index contributed by atoms with van der Waals surface area (Å²) in [6.45, 7) is 6.71. The molecule has 3 heteroatoms. The highest BCUT2D eigenvalue weighted by Gasteiger charge is 2.00. The predicted molar refractivity (Wildman–Crippen MR) is 53.1 cm³/mol. The van der Waals surface area contributed by atoms with E-state index in [4.69, 9.17) is 10.7 Å². The summed E-state index contributed by atoms with van der Waals surface area (Å²) in [4.78, 5) is 5.31. The van der Waals surface area contributed by atoms with Gasteiger partial charge in [-0.25, -0.2) is 5.84 Å². The van der Waals surface area contributed by atoms with E-state index in [2.05, 4.69) is 13.8 Å². The third-order valence-corrected chi connectivity index (χ3v) is 2.01. The van der Waals surface area contributed by atoms with E-state index in [-0.39, 0.29) is 0 Å². The fourth-order valence-corrected chi connectivity index (χ4v) is 0.971. The number of nitrogens with two attached hydrogens (primary N) is 1. The molecule has 0 aromatic heterocycles. The van der Waals surface area contributed by atoms with E-state index in [1.807, 2.05) is 25.1 Å². The smallest absolute Gasteiger partial charge is 0.149 e. The second kappa shape index (κ2) is 4.25. The minimum Gasteiger partial charge on any atom is -0.391 e. The third-order valence-electron chi connectivity index (χ3n) is 2.01. The van der Waals surface area contributed by atoms with Crippen LogP contribution in [0.3, 0.4) is 0 Å². The van der Waals surface area contributed by atoms with E-state index in [0.29, 0.717) is 6.54 Å². The Bertz CT molecular complexity index is 286. The summed E-state index contributed by atoms with van der Waals surface area (Å²) >= 11 is 0. The molecule has 0 aliphatic rings. The second-order valence-corrected chi connectivity index (χ2v) is 3.07. The van der Waals surface area contributed by atoms with Gasteiger partial charge in [0.15, 0.2) is 0 Å². The molecule has 0 aliphatic carbocycles. The maximum absolute atomic E-state index is 5.50. The number of rotatable bonds is 3. The van der Waals surface area contributed by atoms with Crippen LogP contribution in [0.2, 0.25) is 0 Å². The van der Waals surface area contributed by atoms with Crippen LogP contribution in [0, 0.1) is 13.8 Å². The highest BCUT2D eigenvalue weighted by molar-refractivity contribution is 5.33. The Balaban J connectivity index is 2.73. The minimum atomic E-state index is 0.660. The van der Waals surface area contributed by atoms with Gasteiger partial charge in [-0.15, -0.1) is 0 Å². The summed E-state index contributed by atoms with van der Waals surface area (Å²) in [5, 5.41) is 1.31. The third kappa shape index (κ3) is 2.72. The summed E-state index contributed by atoms with van der Waals surface area (Å²) < 4.78 is 0. The second-order valence-electron chi connectivity index (χ2n) is 3.07. The maximum Gasteiger partial charge on any atom is 0.149 e. The molecule has 1 rings (SSSR count). The summed E-state index contributed by atoms with van der Waals surface area (Å²) in [5.41, 5.74) is 2.47. The van der Waals surface area contributed by atoms with Gasteiger partial charge in [-0.05, 0) is 44.0 Å². The molecule has 13 heavy (non-hydrogen) atoms. The van der Waals surface area contributed by atoms with Crippen molar-refractivity contribution in [2.75, 3.05) is 6.54 Å². The van der Waals surface area contributed by atoms with Crippen LogP contribution in [-0.4, -0.2) is 11.7 Å².